The van der Waals surface area contributed by atoms with E-state index >= 15 is 0 Å². The van der Waals surface area contributed by atoms with Crippen molar-refractivity contribution in [1.82, 2.24) is 9.97 Å². The van der Waals surface area contributed by atoms with Crippen molar-refractivity contribution >= 4 is 44.9 Å². The van der Waals surface area contributed by atoms with Crippen molar-refractivity contribution in [1.29, 1.82) is 0 Å². The minimum Gasteiger partial charge on any atom is -0.383 e. The quantitative estimate of drug-likeness (QED) is 0.845. The van der Waals surface area contributed by atoms with Crippen molar-refractivity contribution in [2.75, 3.05) is 5.73 Å². The Bertz CT molecular complexity index is 632. The normalized spacial score (nSPS) is 10.8. The van der Waals surface area contributed by atoms with Gasteiger partial charge < -0.3 is 5.73 Å². The van der Waals surface area contributed by atoms with Gasteiger partial charge in [0.05, 0.1) is 10.2 Å². The van der Waals surface area contributed by atoms with Crippen molar-refractivity contribution in [3.63, 3.8) is 0 Å². The molecule has 2 rings (SSSR count). The van der Waals surface area contributed by atoms with E-state index in [1.807, 2.05) is 6.07 Å². The van der Waals surface area contributed by atoms with Crippen LogP contribution in [0.2, 0.25) is 10.0 Å². The van der Waals surface area contributed by atoms with Gasteiger partial charge in [-0.15, -0.1) is 0 Å². The first-order valence-corrected chi connectivity index (χ1v) is 7.80. The third-order valence-electron chi connectivity index (χ3n) is 2.84. The highest BCUT2D eigenvalue weighted by Gasteiger charge is 2.11. The molecule has 0 bridgehead atoms. The summed E-state index contributed by atoms with van der Waals surface area (Å²) in [5.74, 6) is 1.13. The molecular weight excluding hydrogens is 361 g/mol. The van der Waals surface area contributed by atoms with Crippen LogP contribution in [0.4, 0.5) is 5.82 Å². The third kappa shape index (κ3) is 3.62. The Morgan fingerprint density at radius 3 is 2.65 bits per heavy atom. The second kappa shape index (κ2) is 6.74. The number of hydrogen-bond acceptors (Lipinski definition) is 3. The van der Waals surface area contributed by atoms with Crippen LogP contribution in [-0.4, -0.2) is 9.97 Å². The van der Waals surface area contributed by atoms with Crippen LogP contribution < -0.4 is 5.73 Å². The molecule has 0 fully saturated rings. The van der Waals surface area contributed by atoms with Crippen LogP contribution in [0.25, 0.3) is 0 Å². The van der Waals surface area contributed by atoms with Crippen molar-refractivity contribution in [3.05, 3.63) is 49.8 Å². The van der Waals surface area contributed by atoms with Crippen LogP contribution in [0, 0.1) is 0 Å². The van der Waals surface area contributed by atoms with Crippen LogP contribution in [0.15, 0.2) is 22.7 Å². The molecule has 0 saturated heterocycles. The van der Waals surface area contributed by atoms with Crippen LogP contribution in [0.5, 0.6) is 0 Å². The zero-order valence-electron chi connectivity index (χ0n) is 11.0. The SMILES string of the molecule is CCCc1nc(Cc2ccc(Cl)cc2Cl)nc(N)c1Br. The van der Waals surface area contributed by atoms with Gasteiger partial charge in [-0.1, -0.05) is 42.6 Å². The lowest BCUT2D eigenvalue weighted by Crippen LogP contribution is -2.06. The third-order valence-corrected chi connectivity index (χ3v) is 4.29. The second-order valence-electron chi connectivity index (χ2n) is 4.45. The summed E-state index contributed by atoms with van der Waals surface area (Å²) in [7, 11) is 0. The molecule has 20 heavy (non-hydrogen) atoms. The minimum absolute atomic E-state index is 0.462. The molecule has 1 aromatic carbocycles. The summed E-state index contributed by atoms with van der Waals surface area (Å²) >= 11 is 15.5. The zero-order valence-corrected chi connectivity index (χ0v) is 14.1. The maximum Gasteiger partial charge on any atom is 0.141 e. The van der Waals surface area contributed by atoms with E-state index in [2.05, 4.69) is 32.8 Å². The van der Waals surface area contributed by atoms with Gasteiger partial charge >= 0.3 is 0 Å². The van der Waals surface area contributed by atoms with Gasteiger partial charge in [0.2, 0.25) is 0 Å². The number of nitrogens with two attached hydrogens (primary N) is 1. The molecule has 0 saturated carbocycles. The molecular formula is C14H14BrCl2N3. The highest BCUT2D eigenvalue weighted by atomic mass is 79.9. The smallest absolute Gasteiger partial charge is 0.141 e. The molecule has 6 heteroatoms. The Kier molecular flexibility index (Phi) is 5.24. The lowest BCUT2D eigenvalue weighted by molar-refractivity contribution is 0.837. The van der Waals surface area contributed by atoms with Gasteiger partial charge in [-0.2, -0.15) is 0 Å². The van der Waals surface area contributed by atoms with Crippen molar-refractivity contribution < 1.29 is 0 Å². The van der Waals surface area contributed by atoms with E-state index in [1.54, 1.807) is 12.1 Å². The molecule has 106 valence electrons. The molecule has 3 nitrogen and oxygen atoms in total. The van der Waals surface area contributed by atoms with Crippen molar-refractivity contribution in [2.24, 2.45) is 0 Å². The molecule has 0 unspecified atom stereocenters. The van der Waals surface area contributed by atoms with Gasteiger partial charge in [-0.05, 0) is 40.0 Å². The van der Waals surface area contributed by atoms with E-state index in [-0.39, 0.29) is 0 Å². The molecule has 0 atom stereocenters. The van der Waals surface area contributed by atoms with E-state index in [1.165, 1.54) is 0 Å². The zero-order chi connectivity index (χ0) is 14.7. The Morgan fingerprint density at radius 2 is 2.00 bits per heavy atom. The second-order valence-corrected chi connectivity index (χ2v) is 6.08. The molecule has 0 aliphatic rings. The number of rotatable bonds is 4. The molecule has 0 aliphatic heterocycles. The van der Waals surface area contributed by atoms with Crippen LogP contribution in [0.3, 0.4) is 0 Å². The van der Waals surface area contributed by atoms with Gasteiger partial charge in [0.25, 0.3) is 0 Å². The first-order valence-electron chi connectivity index (χ1n) is 6.26. The summed E-state index contributed by atoms with van der Waals surface area (Å²) in [6.07, 6.45) is 2.38. The molecule has 2 N–H and O–H groups in total. The van der Waals surface area contributed by atoms with Gasteiger partial charge in [0, 0.05) is 16.5 Å². The number of aromatic nitrogens is 2. The maximum atomic E-state index is 6.17. The average Bonchev–Trinajstić information content (AvgIpc) is 2.39. The highest BCUT2D eigenvalue weighted by molar-refractivity contribution is 9.10. The van der Waals surface area contributed by atoms with Crippen molar-refractivity contribution in [3.8, 4) is 0 Å². The van der Waals surface area contributed by atoms with E-state index in [9.17, 15) is 0 Å². The Hall–Kier alpha value is -0.840. The van der Waals surface area contributed by atoms with Crippen LogP contribution in [-0.2, 0) is 12.8 Å². The Morgan fingerprint density at radius 1 is 1.25 bits per heavy atom. The summed E-state index contributed by atoms with van der Waals surface area (Å²) < 4.78 is 0.783. The number of benzene rings is 1. The lowest BCUT2D eigenvalue weighted by Gasteiger charge is -2.09. The molecule has 0 amide bonds. The van der Waals surface area contributed by atoms with Gasteiger partial charge in [-0.25, -0.2) is 9.97 Å². The Labute approximate surface area is 136 Å². The summed E-state index contributed by atoms with van der Waals surface area (Å²) in [4.78, 5) is 8.85. The molecule has 0 radical (unpaired) electrons. The number of anilines is 1. The van der Waals surface area contributed by atoms with E-state index in [0.29, 0.717) is 28.1 Å². The minimum atomic E-state index is 0.462. The fourth-order valence-electron chi connectivity index (χ4n) is 1.88. The van der Waals surface area contributed by atoms with E-state index < -0.39 is 0 Å². The first-order chi connectivity index (χ1) is 9.51. The van der Waals surface area contributed by atoms with Crippen molar-refractivity contribution in [2.45, 2.75) is 26.2 Å². The molecule has 1 aromatic heterocycles. The summed E-state index contributed by atoms with van der Waals surface area (Å²) in [5.41, 5.74) is 7.78. The number of aryl methyl sites for hydroxylation is 1. The summed E-state index contributed by atoms with van der Waals surface area (Å²) in [6, 6.07) is 5.40. The number of hydrogen-bond donors (Lipinski definition) is 1. The van der Waals surface area contributed by atoms with Crippen LogP contribution in [0.1, 0.15) is 30.4 Å². The van der Waals surface area contributed by atoms with E-state index in [4.69, 9.17) is 28.9 Å². The summed E-state index contributed by atoms with van der Waals surface area (Å²) in [5, 5.41) is 1.22. The number of nitrogen functional groups attached to an aromatic ring is 1. The highest BCUT2D eigenvalue weighted by Crippen LogP contribution is 2.25. The number of halogens is 3. The Balaban J connectivity index is 2.33. The lowest BCUT2D eigenvalue weighted by atomic mass is 10.1. The van der Waals surface area contributed by atoms with E-state index in [0.717, 1.165) is 28.6 Å². The fraction of sp³-hybridized carbons (Fsp3) is 0.286. The van der Waals surface area contributed by atoms with Gasteiger partial charge in [-0.3, -0.25) is 0 Å². The van der Waals surface area contributed by atoms with Gasteiger partial charge in [0.15, 0.2) is 0 Å². The van der Waals surface area contributed by atoms with Crippen LogP contribution >= 0.6 is 39.1 Å². The number of nitrogens with zero attached hydrogens (tertiary/aromatic N) is 2. The average molecular weight is 375 g/mol. The standard InChI is InChI=1S/C14H14BrCl2N3/c1-2-3-11-13(15)14(18)20-12(19-11)6-8-4-5-9(16)7-10(8)17/h4-5,7H,2-3,6H2,1H3,(H2,18,19,20). The molecule has 0 aliphatic carbocycles. The molecule has 2 aromatic rings. The largest absolute Gasteiger partial charge is 0.383 e. The fourth-order valence-corrected chi connectivity index (χ4v) is 2.73. The topological polar surface area (TPSA) is 51.8 Å². The summed E-state index contributed by atoms with van der Waals surface area (Å²) in [6.45, 7) is 2.10. The monoisotopic (exact) mass is 373 g/mol. The predicted molar refractivity (Wildman–Crippen MR) is 87.4 cm³/mol. The van der Waals surface area contributed by atoms with Gasteiger partial charge in [0.1, 0.15) is 11.6 Å². The first kappa shape index (κ1) is 15.5. The molecule has 0 spiro atoms. The maximum absolute atomic E-state index is 6.17. The predicted octanol–water partition coefficient (Wildman–Crippen LogP) is 4.67. The molecule has 1 heterocycles.